The van der Waals surface area contributed by atoms with Gasteiger partial charge in [-0.3, -0.25) is 4.79 Å². The van der Waals surface area contributed by atoms with E-state index in [0.717, 1.165) is 16.4 Å². The highest BCUT2D eigenvalue weighted by Gasteiger charge is 2.13. The van der Waals surface area contributed by atoms with E-state index in [0.29, 0.717) is 17.2 Å². The summed E-state index contributed by atoms with van der Waals surface area (Å²) in [6.07, 6.45) is 0. The van der Waals surface area contributed by atoms with Gasteiger partial charge in [-0.15, -0.1) is 5.10 Å². The molecule has 0 atom stereocenters. The van der Waals surface area contributed by atoms with E-state index < -0.39 is 0 Å². The third-order valence-corrected chi connectivity index (χ3v) is 4.31. The van der Waals surface area contributed by atoms with Crippen LogP contribution in [0.3, 0.4) is 0 Å². The van der Waals surface area contributed by atoms with Crippen molar-refractivity contribution in [1.29, 1.82) is 0 Å². The smallest absolute Gasteiger partial charge is 0.275 e. The van der Waals surface area contributed by atoms with Gasteiger partial charge in [0.05, 0.1) is 7.11 Å². The molecule has 0 aliphatic heterocycles. The molecule has 0 aliphatic rings. The molecule has 1 aromatic carbocycles. The van der Waals surface area contributed by atoms with E-state index in [1.54, 1.807) is 14.0 Å². The Morgan fingerprint density at radius 2 is 2.14 bits per heavy atom. The first-order valence-corrected chi connectivity index (χ1v) is 7.60. The van der Waals surface area contributed by atoms with Gasteiger partial charge in [-0.2, -0.15) is 4.52 Å². The van der Waals surface area contributed by atoms with Gasteiger partial charge in [0.25, 0.3) is 5.56 Å². The van der Waals surface area contributed by atoms with Crippen molar-refractivity contribution in [2.75, 3.05) is 19.1 Å². The molecular formula is C15H16N4O2S. The molecule has 3 aromatic rings. The SMILES string of the molecule is COc1ccccc1CN(C)c1nn2c(=O)cc(C)nc2s1. The molecule has 0 N–H and O–H groups in total. The lowest BCUT2D eigenvalue weighted by Crippen LogP contribution is -2.19. The maximum absolute atomic E-state index is 11.9. The first-order chi connectivity index (χ1) is 10.6. The van der Waals surface area contributed by atoms with Crippen LogP contribution in [0.5, 0.6) is 5.75 Å². The molecule has 114 valence electrons. The van der Waals surface area contributed by atoms with Crippen molar-refractivity contribution in [2.24, 2.45) is 0 Å². The van der Waals surface area contributed by atoms with Crippen LogP contribution in [-0.4, -0.2) is 28.8 Å². The van der Waals surface area contributed by atoms with E-state index in [9.17, 15) is 4.79 Å². The molecule has 0 unspecified atom stereocenters. The second-order valence-electron chi connectivity index (χ2n) is 4.98. The van der Waals surface area contributed by atoms with Crippen LogP contribution in [0.1, 0.15) is 11.3 Å². The predicted octanol–water partition coefficient (Wildman–Crippen LogP) is 2.10. The lowest BCUT2D eigenvalue weighted by molar-refractivity contribution is 0.409. The first-order valence-electron chi connectivity index (χ1n) is 6.79. The molecular weight excluding hydrogens is 300 g/mol. The van der Waals surface area contributed by atoms with Crippen LogP contribution in [0.4, 0.5) is 5.13 Å². The number of nitrogens with zero attached hydrogens (tertiary/aromatic N) is 4. The summed E-state index contributed by atoms with van der Waals surface area (Å²) in [6, 6.07) is 9.33. The van der Waals surface area contributed by atoms with Crippen molar-refractivity contribution in [3.63, 3.8) is 0 Å². The zero-order chi connectivity index (χ0) is 15.7. The molecule has 7 heteroatoms. The van der Waals surface area contributed by atoms with Gasteiger partial charge in [0, 0.05) is 30.9 Å². The van der Waals surface area contributed by atoms with Gasteiger partial charge in [-0.25, -0.2) is 4.98 Å². The molecule has 0 aliphatic carbocycles. The summed E-state index contributed by atoms with van der Waals surface area (Å²) < 4.78 is 6.70. The molecule has 0 spiro atoms. The monoisotopic (exact) mass is 316 g/mol. The van der Waals surface area contributed by atoms with Gasteiger partial charge in [0.15, 0.2) is 0 Å². The molecule has 2 heterocycles. The number of fused-ring (bicyclic) bond motifs is 1. The van der Waals surface area contributed by atoms with Crippen molar-refractivity contribution < 1.29 is 4.74 Å². The Morgan fingerprint density at radius 1 is 1.36 bits per heavy atom. The van der Waals surface area contributed by atoms with E-state index in [1.165, 1.54) is 21.9 Å². The summed E-state index contributed by atoms with van der Waals surface area (Å²) in [4.78, 5) is 18.9. The normalized spacial score (nSPS) is 10.9. The number of benzene rings is 1. The van der Waals surface area contributed by atoms with Crippen LogP contribution < -0.4 is 15.2 Å². The summed E-state index contributed by atoms with van der Waals surface area (Å²) >= 11 is 1.39. The Morgan fingerprint density at radius 3 is 2.91 bits per heavy atom. The summed E-state index contributed by atoms with van der Waals surface area (Å²) in [5, 5.41) is 5.09. The molecule has 0 amide bonds. The summed E-state index contributed by atoms with van der Waals surface area (Å²) in [7, 11) is 3.59. The number of anilines is 1. The fourth-order valence-corrected chi connectivity index (χ4v) is 3.13. The van der Waals surface area contributed by atoms with Crippen LogP contribution in [0.25, 0.3) is 4.96 Å². The molecule has 0 radical (unpaired) electrons. The Balaban J connectivity index is 1.94. The average molecular weight is 316 g/mol. The van der Waals surface area contributed by atoms with Crippen LogP contribution in [-0.2, 0) is 6.54 Å². The van der Waals surface area contributed by atoms with Crippen LogP contribution >= 0.6 is 11.3 Å². The van der Waals surface area contributed by atoms with Crippen molar-refractivity contribution in [1.82, 2.24) is 14.6 Å². The summed E-state index contributed by atoms with van der Waals surface area (Å²) in [5.74, 6) is 0.835. The van der Waals surface area contributed by atoms with Gasteiger partial charge in [-0.05, 0) is 13.0 Å². The minimum absolute atomic E-state index is 0.157. The Hall–Kier alpha value is -2.41. The summed E-state index contributed by atoms with van der Waals surface area (Å²) in [5.41, 5.74) is 1.60. The highest BCUT2D eigenvalue weighted by atomic mass is 32.1. The highest BCUT2D eigenvalue weighted by molar-refractivity contribution is 7.20. The van der Waals surface area contributed by atoms with Crippen LogP contribution in [0.2, 0.25) is 0 Å². The van der Waals surface area contributed by atoms with Gasteiger partial charge in [-0.1, -0.05) is 29.5 Å². The number of hydrogen-bond acceptors (Lipinski definition) is 6. The minimum Gasteiger partial charge on any atom is -0.496 e. The molecule has 0 saturated heterocycles. The molecule has 6 nitrogen and oxygen atoms in total. The molecule has 22 heavy (non-hydrogen) atoms. The number of methoxy groups -OCH3 is 1. The number of aryl methyl sites for hydroxylation is 1. The zero-order valence-corrected chi connectivity index (χ0v) is 13.4. The average Bonchev–Trinajstić information content (AvgIpc) is 2.92. The Labute approximate surface area is 131 Å². The van der Waals surface area contributed by atoms with E-state index in [2.05, 4.69) is 10.1 Å². The summed E-state index contributed by atoms with van der Waals surface area (Å²) in [6.45, 7) is 2.44. The fourth-order valence-electron chi connectivity index (χ4n) is 2.22. The maximum Gasteiger partial charge on any atom is 0.275 e. The van der Waals surface area contributed by atoms with Crippen molar-refractivity contribution in [2.45, 2.75) is 13.5 Å². The lowest BCUT2D eigenvalue weighted by atomic mass is 10.2. The number of aromatic nitrogens is 3. The molecule has 3 rings (SSSR count). The second kappa shape index (κ2) is 5.76. The lowest BCUT2D eigenvalue weighted by Gasteiger charge is -2.16. The zero-order valence-electron chi connectivity index (χ0n) is 12.6. The standard InChI is InChI=1S/C15H16N4O2S/c1-10-8-13(20)19-14(16-10)22-15(17-19)18(2)9-11-6-4-5-7-12(11)21-3/h4-8H,9H2,1-3H3. The van der Waals surface area contributed by atoms with E-state index >= 15 is 0 Å². The first kappa shape index (κ1) is 14.5. The van der Waals surface area contributed by atoms with E-state index in [1.807, 2.05) is 36.2 Å². The quantitative estimate of drug-likeness (QED) is 0.738. The van der Waals surface area contributed by atoms with Crippen LogP contribution in [0.15, 0.2) is 35.1 Å². The maximum atomic E-state index is 11.9. The largest absolute Gasteiger partial charge is 0.496 e. The number of hydrogen-bond donors (Lipinski definition) is 0. The third kappa shape index (κ3) is 2.67. The van der Waals surface area contributed by atoms with Crippen molar-refractivity contribution in [3.05, 3.63) is 51.9 Å². The predicted molar refractivity (Wildman–Crippen MR) is 87.0 cm³/mol. The third-order valence-electron chi connectivity index (χ3n) is 3.29. The molecule has 0 saturated carbocycles. The van der Waals surface area contributed by atoms with Crippen molar-refractivity contribution in [3.8, 4) is 5.75 Å². The van der Waals surface area contributed by atoms with Gasteiger partial charge in [0.2, 0.25) is 10.1 Å². The Bertz CT molecular complexity index is 871. The van der Waals surface area contributed by atoms with E-state index in [-0.39, 0.29) is 5.56 Å². The van der Waals surface area contributed by atoms with Crippen molar-refractivity contribution >= 4 is 21.4 Å². The number of ether oxygens (including phenoxy) is 1. The van der Waals surface area contributed by atoms with Gasteiger partial charge >= 0.3 is 0 Å². The molecule has 0 bridgehead atoms. The fraction of sp³-hybridized carbons (Fsp3) is 0.267. The van der Waals surface area contributed by atoms with Gasteiger partial charge < -0.3 is 9.64 Å². The van der Waals surface area contributed by atoms with Gasteiger partial charge in [0.1, 0.15) is 5.75 Å². The number of rotatable bonds is 4. The minimum atomic E-state index is -0.157. The molecule has 2 aromatic heterocycles. The topological polar surface area (TPSA) is 59.7 Å². The second-order valence-corrected chi connectivity index (χ2v) is 5.92. The Kier molecular flexibility index (Phi) is 3.81. The van der Waals surface area contributed by atoms with Crippen LogP contribution in [0, 0.1) is 6.92 Å². The number of para-hydroxylation sites is 1. The highest BCUT2D eigenvalue weighted by Crippen LogP contribution is 2.25. The van der Waals surface area contributed by atoms with E-state index in [4.69, 9.17) is 4.74 Å². The molecule has 0 fully saturated rings.